The zero-order chi connectivity index (χ0) is 14.5. The van der Waals surface area contributed by atoms with E-state index in [-0.39, 0.29) is 11.7 Å². The predicted octanol–water partition coefficient (Wildman–Crippen LogP) is 1.32. The number of carbonyl (C=O) groups excluding carboxylic acids is 1. The van der Waals surface area contributed by atoms with Crippen LogP contribution in [0.2, 0.25) is 0 Å². The molecule has 6 heteroatoms. The van der Waals surface area contributed by atoms with Crippen molar-refractivity contribution in [2.45, 2.75) is 57.6 Å². The molecule has 0 aromatic rings. The lowest BCUT2D eigenvalue weighted by Crippen LogP contribution is -2.40. The predicted molar refractivity (Wildman–Crippen MR) is 75.5 cm³/mol. The van der Waals surface area contributed by atoms with E-state index in [0.717, 1.165) is 32.3 Å². The third-order valence-electron chi connectivity index (χ3n) is 4.10. The number of nitrogens with zero attached hydrogens (tertiary/aromatic N) is 2. The molecule has 0 atom stereocenters. The molecule has 0 radical (unpaired) electrons. The number of hydrogen-bond donors (Lipinski definition) is 2. The first-order valence-electron chi connectivity index (χ1n) is 7.51. The van der Waals surface area contributed by atoms with Crippen molar-refractivity contribution in [3.8, 4) is 0 Å². The number of ether oxygens (including phenoxy) is 1. The van der Waals surface area contributed by atoms with Crippen molar-refractivity contribution < 1.29 is 14.7 Å². The van der Waals surface area contributed by atoms with Gasteiger partial charge in [0.2, 0.25) is 5.91 Å². The molecule has 0 unspecified atom stereocenters. The summed E-state index contributed by atoms with van der Waals surface area (Å²) in [7, 11) is 0. The molecule has 2 aliphatic carbocycles. The number of oxime groups is 1. The summed E-state index contributed by atoms with van der Waals surface area (Å²) in [6, 6.07) is 0.372. The second-order valence-electron chi connectivity index (χ2n) is 5.78. The minimum absolute atomic E-state index is 0.184. The molecule has 2 aliphatic rings. The van der Waals surface area contributed by atoms with Crippen molar-refractivity contribution in [3.05, 3.63) is 0 Å². The van der Waals surface area contributed by atoms with Gasteiger partial charge in [-0.2, -0.15) is 0 Å². The molecule has 6 nitrogen and oxygen atoms in total. The van der Waals surface area contributed by atoms with Gasteiger partial charge in [-0.25, -0.2) is 0 Å². The maximum atomic E-state index is 12.3. The van der Waals surface area contributed by atoms with E-state index in [0.29, 0.717) is 37.5 Å². The van der Waals surface area contributed by atoms with E-state index in [1.54, 1.807) is 0 Å². The molecule has 0 aromatic carbocycles. The average Bonchev–Trinajstić information content (AvgIpc) is 3.20. The maximum absolute atomic E-state index is 12.3. The van der Waals surface area contributed by atoms with E-state index >= 15 is 0 Å². The van der Waals surface area contributed by atoms with Crippen LogP contribution in [0.15, 0.2) is 5.16 Å². The number of nitrogens with two attached hydrogens (primary N) is 1. The van der Waals surface area contributed by atoms with Crippen LogP contribution < -0.4 is 5.73 Å². The highest BCUT2D eigenvalue weighted by atomic mass is 16.5. The van der Waals surface area contributed by atoms with Gasteiger partial charge in [0.05, 0.1) is 6.10 Å². The van der Waals surface area contributed by atoms with Gasteiger partial charge in [-0.1, -0.05) is 5.16 Å². The Labute approximate surface area is 119 Å². The highest BCUT2D eigenvalue weighted by Gasteiger charge is 2.36. The number of amidine groups is 1. The molecule has 0 spiro atoms. The highest BCUT2D eigenvalue weighted by Crippen LogP contribution is 2.35. The van der Waals surface area contributed by atoms with E-state index < -0.39 is 0 Å². The largest absolute Gasteiger partial charge is 0.409 e. The summed E-state index contributed by atoms with van der Waals surface area (Å²) in [6.45, 7) is 3.31. The zero-order valence-corrected chi connectivity index (χ0v) is 12.1. The molecule has 3 N–H and O–H groups in total. The summed E-state index contributed by atoms with van der Waals surface area (Å²) in [5.41, 5.74) is 5.48. The molecule has 20 heavy (non-hydrogen) atoms. The minimum Gasteiger partial charge on any atom is -0.409 e. The van der Waals surface area contributed by atoms with Gasteiger partial charge in [-0.3, -0.25) is 4.79 Å². The molecule has 0 aliphatic heterocycles. The standard InChI is InChI=1S/C14H25N3O3/c1-2-20-12-7-10(8-12)9-14(18)17(11-3-4-11)6-5-13(15)16-19/h10-12,19H,2-9H2,1H3,(H2,15,16). The zero-order valence-electron chi connectivity index (χ0n) is 12.1. The number of amides is 1. The molecular formula is C14H25N3O3. The molecule has 0 aromatic heterocycles. The fourth-order valence-corrected chi connectivity index (χ4v) is 2.76. The Kier molecular flexibility index (Phi) is 5.23. The molecule has 1 amide bonds. The number of carbonyl (C=O) groups is 1. The third-order valence-corrected chi connectivity index (χ3v) is 4.10. The molecule has 0 bridgehead atoms. The second kappa shape index (κ2) is 6.92. The molecule has 2 saturated carbocycles. The number of rotatable bonds is 8. The van der Waals surface area contributed by atoms with E-state index in [2.05, 4.69) is 5.16 Å². The Balaban J connectivity index is 1.74. The average molecular weight is 283 g/mol. The van der Waals surface area contributed by atoms with Gasteiger partial charge < -0.3 is 20.6 Å². The summed E-state index contributed by atoms with van der Waals surface area (Å²) in [5.74, 6) is 0.853. The lowest BCUT2D eigenvalue weighted by Gasteiger charge is -2.35. The Morgan fingerprint density at radius 3 is 2.70 bits per heavy atom. The van der Waals surface area contributed by atoms with Crippen molar-refractivity contribution in [2.75, 3.05) is 13.2 Å². The molecule has 0 heterocycles. The van der Waals surface area contributed by atoms with Gasteiger partial charge in [0.1, 0.15) is 5.84 Å². The smallest absolute Gasteiger partial charge is 0.223 e. The summed E-state index contributed by atoms with van der Waals surface area (Å²) in [4.78, 5) is 14.2. The topological polar surface area (TPSA) is 88.2 Å². The van der Waals surface area contributed by atoms with Gasteiger partial charge in [0.15, 0.2) is 0 Å². The van der Waals surface area contributed by atoms with Crippen LogP contribution in [-0.2, 0) is 9.53 Å². The quantitative estimate of drug-likeness (QED) is 0.304. The molecule has 2 rings (SSSR count). The van der Waals surface area contributed by atoms with E-state index in [1.807, 2.05) is 11.8 Å². The molecule has 0 saturated heterocycles. The minimum atomic E-state index is 0.184. The second-order valence-corrected chi connectivity index (χ2v) is 5.78. The van der Waals surface area contributed by atoms with Crippen LogP contribution in [0.4, 0.5) is 0 Å². The SMILES string of the molecule is CCOC1CC(CC(=O)N(CCC(N)=NO)C2CC2)C1. The van der Waals surface area contributed by atoms with E-state index in [9.17, 15) is 4.79 Å². The Hall–Kier alpha value is -1.30. The van der Waals surface area contributed by atoms with Gasteiger partial charge in [-0.05, 0) is 38.5 Å². The third kappa shape index (κ3) is 4.10. The molecular weight excluding hydrogens is 258 g/mol. The van der Waals surface area contributed by atoms with Crippen LogP contribution >= 0.6 is 0 Å². The van der Waals surface area contributed by atoms with Crippen molar-refractivity contribution in [1.29, 1.82) is 0 Å². The van der Waals surface area contributed by atoms with Crippen LogP contribution in [0.25, 0.3) is 0 Å². The number of hydrogen-bond acceptors (Lipinski definition) is 4. The lowest BCUT2D eigenvalue weighted by atomic mass is 9.79. The normalized spacial score (nSPS) is 26.1. The first-order chi connectivity index (χ1) is 9.63. The van der Waals surface area contributed by atoms with Crippen molar-refractivity contribution in [2.24, 2.45) is 16.8 Å². The first kappa shape index (κ1) is 15.1. The van der Waals surface area contributed by atoms with Gasteiger partial charge >= 0.3 is 0 Å². The lowest BCUT2D eigenvalue weighted by molar-refractivity contribution is -0.135. The van der Waals surface area contributed by atoms with Gasteiger partial charge in [0, 0.05) is 32.0 Å². The van der Waals surface area contributed by atoms with Crippen LogP contribution in [0.1, 0.15) is 45.4 Å². The first-order valence-corrected chi connectivity index (χ1v) is 7.51. The van der Waals surface area contributed by atoms with Gasteiger partial charge in [0.25, 0.3) is 0 Å². The van der Waals surface area contributed by atoms with Crippen LogP contribution in [0, 0.1) is 5.92 Å². The Morgan fingerprint density at radius 1 is 1.45 bits per heavy atom. The fourth-order valence-electron chi connectivity index (χ4n) is 2.76. The molecule has 2 fully saturated rings. The maximum Gasteiger partial charge on any atom is 0.223 e. The monoisotopic (exact) mass is 283 g/mol. The van der Waals surface area contributed by atoms with E-state index in [4.69, 9.17) is 15.7 Å². The van der Waals surface area contributed by atoms with Crippen LogP contribution in [0.5, 0.6) is 0 Å². The summed E-state index contributed by atoms with van der Waals surface area (Å²) >= 11 is 0. The fraction of sp³-hybridized carbons (Fsp3) is 0.857. The highest BCUT2D eigenvalue weighted by molar-refractivity contribution is 5.81. The van der Waals surface area contributed by atoms with Crippen molar-refractivity contribution in [1.82, 2.24) is 4.90 Å². The molecule has 114 valence electrons. The van der Waals surface area contributed by atoms with Crippen molar-refractivity contribution in [3.63, 3.8) is 0 Å². The van der Waals surface area contributed by atoms with Crippen molar-refractivity contribution >= 4 is 11.7 Å². The van der Waals surface area contributed by atoms with E-state index in [1.165, 1.54) is 0 Å². The Bertz CT molecular complexity index is 363. The Morgan fingerprint density at radius 2 is 2.15 bits per heavy atom. The summed E-state index contributed by atoms with van der Waals surface area (Å²) < 4.78 is 5.52. The summed E-state index contributed by atoms with van der Waals surface area (Å²) in [6.07, 6.45) is 5.55. The van der Waals surface area contributed by atoms with Crippen LogP contribution in [0.3, 0.4) is 0 Å². The van der Waals surface area contributed by atoms with Crippen LogP contribution in [-0.4, -0.2) is 47.1 Å². The summed E-state index contributed by atoms with van der Waals surface area (Å²) in [5, 5.41) is 11.5. The van der Waals surface area contributed by atoms with Gasteiger partial charge in [-0.15, -0.1) is 0 Å².